The number of aromatic nitrogens is 1. The molecule has 0 bridgehead atoms. The summed E-state index contributed by atoms with van der Waals surface area (Å²) in [5.74, 6) is -1.99. The maximum atomic E-state index is 12.6. The van der Waals surface area contributed by atoms with E-state index in [-0.39, 0.29) is 30.7 Å². The maximum Gasteiger partial charge on any atom is 0.451 e. The first-order chi connectivity index (χ1) is 12.1. The number of nitrogen functional groups attached to an aromatic ring is 1. The Morgan fingerprint density at radius 3 is 2.77 bits per heavy atom. The standard InChI is InChI=1S/C13H22BN5O6S/c15-10-3-5-17-6-11(10)18-26(24,25)19-7-9(2-1-4-14(22)23)13(16,8-19)12(20)21/h3,5-6,9,18,22-23H,1-2,4,7-8,16H2,(H2,15,17)(H,20,21)/t9-,13-/m0/s1. The molecule has 0 amide bonds. The number of hydrogen-bond donors (Lipinski definition) is 6. The van der Waals surface area contributed by atoms with Crippen LogP contribution in [0.15, 0.2) is 18.5 Å². The quantitative estimate of drug-likeness (QED) is 0.282. The molecule has 2 heterocycles. The Labute approximate surface area is 151 Å². The molecule has 26 heavy (non-hydrogen) atoms. The summed E-state index contributed by atoms with van der Waals surface area (Å²) < 4.78 is 28.4. The van der Waals surface area contributed by atoms with E-state index in [0.29, 0.717) is 6.42 Å². The lowest BCUT2D eigenvalue weighted by molar-refractivity contribution is -0.144. The third-order valence-corrected chi connectivity index (χ3v) is 5.87. The first-order valence-corrected chi connectivity index (χ1v) is 9.36. The summed E-state index contributed by atoms with van der Waals surface area (Å²) in [5.41, 5.74) is 10.2. The highest BCUT2D eigenvalue weighted by Gasteiger charge is 2.52. The first kappa shape index (κ1) is 20.4. The Morgan fingerprint density at radius 1 is 1.50 bits per heavy atom. The topological polar surface area (TPSA) is 192 Å². The summed E-state index contributed by atoms with van der Waals surface area (Å²) in [6.45, 7) is -0.524. The lowest BCUT2D eigenvalue weighted by atomic mass is 9.78. The normalized spacial score (nSPS) is 23.7. The van der Waals surface area contributed by atoms with Gasteiger partial charge in [-0.15, -0.1) is 0 Å². The molecular weight excluding hydrogens is 365 g/mol. The Morgan fingerprint density at radius 2 is 2.19 bits per heavy atom. The van der Waals surface area contributed by atoms with Crippen LogP contribution in [0.25, 0.3) is 0 Å². The minimum atomic E-state index is -4.09. The van der Waals surface area contributed by atoms with Crippen LogP contribution in [-0.4, -0.2) is 64.6 Å². The largest absolute Gasteiger partial charge is 0.480 e. The summed E-state index contributed by atoms with van der Waals surface area (Å²) in [4.78, 5) is 15.4. The number of hydrogen-bond acceptors (Lipinski definition) is 8. The zero-order valence-corrected chi connectivity index (χ0v) is 14.8. The molecule has 13 heteroatoms. The van der Waals surface area contributed by atoms with E-state index in [9.17, 15) is 18.3 Å². The number of aliphatic carboxylic acids is 1. The molecule has 1 aliphatic rings. The van der Waals surface area contributed by atoms with Crippen LogP contribution in [0.3, 0.4) is 0 Å². The van der Waals surface area contributed by atoms with E-state index in [1.807, 2.05) is 0 Å². The van der Waals surface area contributed by atoms with Crippen LogP contribution in [0.2, 0.25) is 6.32 Å². The number of carbonyl (C=O) groups is 1. The van der Waals surface area contributed by atoms with Crippen LogP contribution in [-0.2, 0) is 15.0 Å². The average Bonchev–Trinajstić information content (AvgIpc) is 2.89. The SMILES string of the molecule is Nc1ccncc1NS(=O)(=O)N1C[C@H](CCCB(O)O)[C@](N)(C(=O)O)C1. The zero-order chi connectivity index (χ0) is 19.5. The Balaban J connectivity index is 2.16. The van der Waals surface area contributed by atoms with Gasteiger partial charge in [0.2, 0.25) is 0 Å². The Hall–Kier alpha value is -1.93. The lowest BCUT2D eigenvalue weighted by Crippen LogP contribution is -2.55. The van der Waals surface area contributed by atoms with Crippen molar-refractivity contribution in [3.05, 3.63) is 18.5 Å². The maximum absolute atomic E-state index is 12.6. The van der Waals surface area contributed by atoms with Crippen LogP contribution < -0.4 is 16.2 Å². The molecule has 144 valence electrons. The lowest BCUT2D eigenvalue weighted by Gasteiger charge is -2.25. The van der Waals surface area contributed by atoms with Gasteiger partial charge in [-0.25, -0.2) is 0 Å². The Kier molecular flexibility index (Phi) is 6.08. The first-order valence-electron chi connectivity index (χ1n) is 7.92. The number of pyridine rings is 1. The van der Waals surface area contributed by atoms with Crippen molar-refractivity contribution in [2.24, 2.45) is 11.7 Å². The molecule has 0 aliphatic carbocycles. The number of nitrogens with one attached hydrogen (secondary N) is 1. The number of carboxylic acids is 1. The van der Waals surface area contributed by atoms with Crippen molar-refractivity contribution in [2.75, 3.05) is 23.5 Å². The minimum absolute atomic E-state index is 0.0451. The van der Waals surface area contributed by atoms with Crippen molar-refractivity contribution >= 4 is 34.7 Å². The predicted octanol–water partition coefficient (Wildman–Crippen LogP) is -1.71. The highest BCUT2D eigenvalue weighted by Crippen LogP contribution is 2.32. The molecule has 0 radical (unpaired) electrons. The summed E-state index contributed by atoms with van der Waals surface area (Å²) >= 11 is 0. The second-order valence-corrected chi connectivity index (χ2v) is 7.99. The summed E-state index contributed by atoms with van der Waals surface area (Å²) in [7, 11) is -5.60. The number of nitrogens with zero attached hydrogens (tertiary/aromatic N) is 2. The van der Waals surface area contributed by atoms with E-state index in [0.717, 1.165) is 4.31 Å². The monoisotopic (exact) mass is 387 g/mol. The van der Waals surface area contributed by atoms with Crippen LogP contribution in [0.4, 0.5) is 11.4 Å². The number of carboxylic acid groups (broad SMARTS) is 1. The highest BCUT2D eigenvalue weighted by molar-refractivity contribution is 7.90. The van der Waals surface area contributed by atoms with E-state index >= 15 is 0 Å². The van der Waals surface area contributed by atoms with E-state index in [2.05, 4.69) is 9.71 Å². The fourth-order valence-corrected chi connectivity index (χ4v) is 4.25. The van der Waals surface area contributed by atoms with Gasteiger partial charge < -0.3 is 26.6 Å². The number of nitrogens with two attached hydrogens (primary N) is 2. The van der Waals surface area contributed by atoms with Gasteiger partial charge in [0.05, 0.1) is 17.6 Å². The van der Waals surface area contributed by atoms with Gasteiger partial charge in [-0.2, -0.15) is 12.7 Å². The molecule has 1 aromatic rings. The zero-order valence-electron chi connectivity index (χ0n) is 13.9. The molecule has 8 N–H and O–H groups in total. The summed E-state index contributed by atoms with van der Waals surface area (Å²) in [6.07, 6.45) is 3.23. The van der Waals surface area contributed by atoms with Crippen molar-refractivity contribution in [3.8, 4) is 0 Å². The van der Waals surface area contributed by atoms with E-state index < -0.39 is 41.3 Å². The second kappa shape index (κ2) is 7.76. The molecule has 0 spiro atoms. The Bertz CT molecular complexity index is 763. The molecule has 2 atom stereocenters. The number of anilines is 2. The van der Waals surface area contributed by atoms with Crippen molar-refractivity contribution < 1.29 is 28.4 Å². The van der Waals surface area contributed by atoms with Crippen LogP contribution >= 0.6 is 0 Å². The molecule has 0 aromatic carbocycles. The molecule has 0 saturated carbocycles. The van der Waals surface area contributed by atoms with Gasteiger partial charge in [0.1, 0.15) is 5.54 Å². The molecule has 0 unspecified atom stereocenters. The third kappa shape index (κ3) is 4.42. The van der Waals surface area contributed by atoms with Gasteiger partial charge in [0, 0.05) is 25.2 Å². The van der Waals surface area contributed by atoms with Gasteiger partial charge in [-0.05, 0) is 18.8 Å². The highest BCUT2D eigenvalue weighted by atomic mass is 32.2. The molecular formula is C13H22BN5O6S. The van der Waals surface area contributed by atoms with Crippen molar-refractivity contribution in [1.29, 1.82) is 0 Å². The van der Waals surface area contributed by atoms with Gasteiger partial charge in [0.25, 0.3) is 0 Å². The number of rotatable bonds is 8. The summed E-state index contributed by atoms with van der Waals surface area (Å²) in [6, 6.07) is 1.43. The third-order valence-electron chi connectivity index (χ3n) is 4.44. The van der Waals surface area contributed by atoms with Crippen LogP contribution in [0.5, 0.6) is 0 Å². The van der Waals surface area contributed by atoms with Crippen LogP contribution in [0.1, 0.15) is 12.8 Å². The van der Waals surface area contributed by atoms with Crippen molar-refractivity contribution in [3.63, 3.8) is 0 Å². The van der Waals surface area contributed by atoms with Crippen LogP contribution in [0, 0.1) is 5.92 Å². The van der Waals surface area contributed by atoms with Gasteiger partial charge in [-0.1, -0.05) is 6.42 Å². The molecule has 11 nitrogen and oxygen atoms in total. The minimum Gasteiger partial charge on any atom is -0.480 e. The van der Waals surface area contributed by atoms with Gasteiger partial charge >= 0.3 is 23.3 Å². The van der Waals surface area contributed by atoms with Crippen molar-refractivity contribution in [1.82, 2.24) is 9.29 Å². The van der Waals surface area contributed by atoms with E-state index in [1.165, 1.54) is 18.5 Å². The molecule has 2 rings (SSSR count). The van der Waals surface area contributed by atoms with E-state index in [4.69, 9.17) is 21.5 Å². The fourth-order valence-electron chi connectivity index (χ4n) is 2.91. The van der Waals surface area contributed by atoms with Gasteiger partial charge in [0.15, 0.2) is 0 Å². The molecule has 1 aliphatic heterocycles. The van der Waals surface area contributed by atoms with Crippen molar-refractivity contribution in [2.45, 2.75) is 24.7 Å². The average molecular weight is 387 g/mol. The van der Waals surface area contributed by atoms with Gasteiger partial charge in [-0.3, -0.25) is 14.5 Å². The molecule has 1 saturated heterocycles. The second-order valence-electron chi connectivity index (χ2n) is 6.32. The fraction of sp³-hybridized carbons (Fsp3) is 0.538. The van der Waals surface area contributed by atoms with E-state index in [1.54, 1.807) is 0 Å². The molecule has 1 aromatic heterocycles. The summed E-state index contributed by atoms with van der Waals surface area (Å²) in [5, 5.41) is 27.3. The predicted molar refractivity (Wildman–Crippen MR) is 95.0 cm³/mol. The smallest absolute Gasteiger partial charge is 0.451 e. The molecule has 1 fully saturated rings.